The quantitative estimate of drug-likeness (QED) is 0.692. The molecule has 0 spiro atoms. The summed E-state index contributed by atoms with van der Waals surface area (Å²) in [6, 6.07) is 7.37. The van der Waals surface area contributed by atoms with Gasteiger partial charge in [-0.3, -0.25) is 0 Å². The fourth-order valence-corrected chi connectivity index (χ4v) is 1.93. The topological polar surface area (TPSA) is 89.7 Å². The summed E-state index contributed by atoms with van der Waals surface area (Å²) in [5, 5.41) is 18.1. The molecule has 0 bridgehead atoms. The van der Waals surface area contributed by atoms with Crippen molar-refractivity contribution in [3.05, 3.63) is 40.8 Å². The first-order valence-electron chi connectivity index (χ1n) is 6.11. The highest BCUT2D eigenvalue weighted by Crippen LogP contribution is 2.26. The molecule has 104 valence electrons. The average Bonchev–Trinajstić information content (AvgIpc) is 2.83. The smallest absolute Gasteiger partial charge is 0.355 e. The summed E-state index contributed by atoms with van der Waals surface area (Å²) in [4.78, 5) is 14.8. The standard InChI is InChI=1S/C15H10FN3O2/c1-2-21-15(20)14-12(5-9(7-17)8-18)11-6-10(16)3-4-13(11)19-14/h3-6,19H,2H2,1H3. The summed E-state index contributed by atoms with van der Waals surface area (Å²) in [5.74, 6) is -1.11. The van der Waals surface area contributed by atoms with Gasteiger partial charge in [0.2, 0.25) is 0 Å². The number of benzene rings is 1. The van der Waals surface area contributed by atoms with Crippen LogP contribution in [0.3, 0.4) is 0 Å². The van der Waals surface area contributed by atoms with Gasteiger partial charge in [-0.05, 0) is 31.2 Å². The van der Waals surface area contributed by atoms with E-state index in [-0.39, 0.29) is 23.4 Å². The van der Waals surface area contributed by atoms with Gasteiger partial charge >= 0.3 is 5.97 Å². The first kappa shape index (κ1) is 14.3. The monoisotopic (exact) mass is 283 g/mol. The maximum absolute atomic E-state index is 13.4. The average molecular weight is 283 g/mol. The van der Waals surface area contributed by atoms with Crippen molar-refractivity contribution in [2.24, 2.45) is 0 Å². The first-order chi connectivity index (χ1) is 10.1. The van der Waals surface area contributed by atoms with Crippen LogP contribution in [0, 0.1) is 28.5 Å². The van der Waals surface area contributed by atoms with E-state index >= 15 is 0 Å². The van der Waals surface area contributed by atoms with Gasteiger partial charge in [0.1, 0.15) is 29.2 Å². The third-order valence-electron chi connectivity index (χ3n) is 2.81. The van der Waals surface area contributed by atoms with Crippen LogP contribution in [0.25, 0.3) is 17.0 Å². The molecule has 6 heteroatoms. The largest absolute Gasteiger partial charge is 0.461 e. The molecule has 0 aliphatic heterocycles. The summed E-state index contributed by atoms with van der Waals surface area (Å²) >= 11 is 0. The number of H-pyrrole nitrogens is 1. The lowest BCUT2D eigenvalue weighted by Crippen LogP contribution is -2.06. The second-order valence-electron chi connectivity index (χ2n) is 4.11. The SMILES string of the molecule is CCOC(=O)c1[nH]c2ccc(F)cc2c1C=C(C#N)C#N. The van der Waals surface area contributed by atoms with Crippen LogP contribution < -0.4 is 0 Å². The van der Waals surface area contributed by atoms with Crippen molar-refractivity contribution < 1.29 is 13.9 Å². The minimum absolute atomic E-state index is 0.0837. The number of hydrogen-bond acceptors (Lipinski definition) is 4. The van der Waals surface area contributed by atoms with E-state index in [4.69, 9.17) is 15.3 Å². The molecule has 1 heterocycles. The molecule has 0 unspecified atom stereocenters. The van der Waals surface area contributed by atoms with Crippen molar-refractivity contribution >= 4 is 22.9 Å². The van der Waals surface area contributed by atoms with Crippen LogP contribution in [-0.2, 0) is 4.74 Å². The number of nitrogens with zero attached hydrogens (tertiary/aromatic N) is 2. The van der Waals surface area contributed by atoms with Crippen molar-refractivity contribution in [1.29, 1.82) is 10.5 Å². The maximum Gasteiger partial charge on any atom is 0.355 e. The summed E-state index contributed by atoms with van der Waals surface area (Å²) in [6.45, 7) is 1.83. The Balaban J connectivity index is 2.74. The number of aromatic nitrogens is 1. The fraction of sp³-hybridized carbons (Fsp3) is 0.133. The minimum Gasteiger partial charge on any atom is -0.461 e. The molecule has 2 aromatic rings. The van der Waals surface area contributed by atoms with Crippen molar-refractivity contribution in [1.82, 2.24) is 4.98 Å². The lowest BCUT2D eigenvalue weighted by molar-refractivity contribution is 0.0520. The molecule has 0 radical (unpaired) electrons. The normalized spacial score (nSPS) is 9.71. The third-order valence-corrected chi connectivity index (χ3v) is 2.81. The Morgan fingerprint density at radius 2 is 2.14 bits per heavy atom. The lowest BCUT2D eigenvalue weighted by Gasteiger charge is -2.00. The molecule has 1 aromatic heterocycles. The molecule has 21 heavy (non-hydrogen) atoms. The molecule has 0 aliphatic carbocycles. The van der Waals surface area contributed by atoms with Crippen LogP contribution >= 0.6 is 0 Å². The van der Waals surface area contributed by atoms with Gasteiger partial charge in [-0.25, -0.2) is 9.18 Å². The van der Waals surface area contributed by atoms with Crippen molar-refractivity contribution in [2.75, 3.05) is 6.61 Å². The number of ether oxygens (including phenoxy) is 1. The molecule has 0 atom stereocenters. The number of nitriles is 2. The van der Waals surface area contributed by atoms with Gasteiger partial charge in [-0.1, -0.05) is 0 Å². The van der Waals surface area contributed by atoms with E-state index < -0.39 is 11.8 Å². The van der Waals surface area contributed by atoms with Gasteiger partial charge in [-0.2, -0.15) is 10.5 Å². The Labute approximate surface area is 119 Å². The number of carbonyl (C=O) groups is 1. The number of halogens is 1. The van der Waals surface area contributed by atoms with Crippen LogP contribution in [0.4, 0.5) is 4.39 Å². The number of fused-ring (bicyclic) bond motifs is 1. The van der Waals surface area contributed by atoms with Gasteiger partial charge in [-0.15, -0.1) is 0 Å². The highest BCUT2D eigenvalue weighted by atomic mass is 19.1. The summed E-state index contributed by atoms with van der Waals surface area (Å²) in [6.07, 6.45) is 1.24. The highest BCUT2D eigenvalue weighted by Gasteiger charge is 2.18. The molecule has 0 amide bonds. The number of rotatable bonds is 3. The summed E-state index contributed by atoms with van der Waals surface area (Å²) in [7, 11) is 0. The van der Waals surface area contributed by atoms with Gasteiger partial charge in [0.25, 0.3) is 0 Å². The Hall–Kier alpha value is -3.12. The summed E-state index contributed by atoms with van der Waals surface area (Å²) in [5.41, 5.74) is 0.674. The Kier molecular flexibility index (Phi) is 4.01. The molecule has 5 nitrogen and oxygen atoms in total. The van der Waals surface area contributed by atoms with Crippen molar-refractivity contribution in [3.8, 4) is 12.1 Å². The van der Waals surface area contributed by atoms with E-state index in [1.54, 1.807) is 19.1 Å². The van der Waals surface area contributed by atoms with Crippen LogP contribution in [0.15, 0.2) is 23.8 Å². The number of esters is 1. The highest BCUT2D eigenvalue weighted by molar-refractivity contribution is 6.03. The number of carbonyl (C=O) groups excluding carboxylic acids is 1. The Bertz CT molecular complexity index is 806. The van der Waals surface area contributed by atoms with Gasteiger partial charge in [0, 0.05) is 16.5 Å². The van der Waals surface area contributed by atoms with Crippen molar-refractivity contribution in [3.63, 3.8) is 0 Å². The Morgan fingerprint density at radius 3 is 2.76 bits per heavy atom. The third kappa shape index (κ3) is 2.75. The second-order valence-corrected chi connectivity index (χ2v) is 4.11. The predicted octanol–water partition coefficient (Wildman–Crippen LogP) is 2.91. The molecular formula is C15H10FN3O2. The maximum atomic E-state index is 13.4. The van der Waals surface area contributed by atoms with E-state index in [0.29, 0.717) is 10.9 Å². The number of nitrogens with one attached hydrogen (secondary N) is 1. The molecule has 0 fully saturated rings. The van der Waals surface area contributed by atoms with E-state index in [1.165, 1.54) is 24.3 Å². The van der Waals surface area contributed by atoms with E-state index in [0.717, 1.165) is 0 Å². The van der Waals surface area contributed by atoms with Gasteiger partial charge in [0.05, 0.1) is 6.61 Å². The summed E-state index contributed by atoms with van der Waals surface area (Å²) < 4.78 is 18.3. The zero-order valence-corrected chi connectivity index (χ0v) is 11.1. The number of hydrogen-bond donors (Lipinski definition) is 1. The van der Waals surface area contributed by atoms with Gasteiger partial charge in [0.15, 0.2) is 0 Å². The minimum atomic E-state index is -0.629. The van der Waals surface area contributed by atoms with Crippen LogP contribution in [0.1, 0.15) is 23.0 Å². The molecule has 1 aromatic carbocycles. The van der Waals surface area contributed by atoms with E-state index in [9.17, 15) is 9.18 Å². The van der Waals surface area contributed by atoms with Gasteiger partial charge < -0.3 is 9.72 Å². The molecule has 0 saturated heterocycles. The molecular weight excluding hydrogens is 273 g/mol. The first-order valence-corrected chi connectivity index (χ1v) is 6.11. The van der Waals surface area contributed by atoms with Crippen molar-refractivity contribution in [2.45, 2.75) is 6.92 Å². The predicted molar refractivity (Wildman–Crippen MR) is 73.4 cm³/mol. The molecule has 0 aliphatic rings. The molecule has 2 rings (SSSR count). The fourth-order valence-electron chi connectivity index (χ4n) is 1.93. The zero-order valence-electron chi connectivity index (χ0n) is 11.1. The van der Waals surface area contributed by atoms with Crippen LogP contribution in [0.2, 0.25) is 0 Å². The lowest BCUT2D eigenvalue weighted by atomic mass is 10.1. The van der Waals surface area contributed by atoms with E-state index in [2.05, 4.69) is 4.98 Å². The van der Waals surface area contributed by atoms with E-state index in [1.807, 2.05) is 0 Å². The number of aromatic amines is 1. The second kappa shape index (κ2) is 5.89. The van der Waals surface area contributed by atoms with Crippen LogP contribution in [0.5, 0.6) is 0 Å². The van der Waals surface area contributed by atoms with Crippen LogP contribution in [-0.4, -0.2) is 17.6 Å². The molecule has 0 saturated carbocycles. The number of allylic oxidation sites excluding steroid dienone is 1. The zero-order chi connectivity index (χ0) is 15.4. The molecule has 1 N–H and O–H groups in total. The Morgan fingerprint density at radius 1 is 1.43 bits per heavy atom.